The summed E-state index contributed by atoms with van der Waals surface area (Å²) in [6.07, 6.45) is 6.34. The maximum Gasteiger partial charge on any atom is 0.271 e. The van der Waals surface area contributed by atoms with Crippen molar-refractivity contribution in [1.29, 1.82) is 0 Å². The van der Waals surface area contributed by atoms with Crippen LogP contribution in [0.5, 0.6) is 5.75 Å². The third-order valence-electron chi connectivity index (χ3n) is 6.24. The van der Waals surface area contributed by atoms with Gasteiger partial charge in [0.2, 0.25) is 0 Å². The molecular formula is C18H14BrN3O5. The molecular weight excluding hydrogens is 418 g/mol. The lowest BCUT2D eigenvalue weighted by atomic mass is 9.63. The van der Waals surface area contributed by atoms with Crippen molar-refractivity contribution in [3.63, 3.8) is 0 Å². The van der Waals surface area contributed by atoms with Gasteiger partial charge < -0.3 is 5.11 Å². The van der Waals surface area contributed by atoms with Gasteiger partial charge in [0, 0.05) is 17.7 Å². The number of halogens is 1. The molecule has 1 aromatic rings. The van der Waals surface area contributed by atoms with Gasteiger partial charge in [0.05, 0.1) is 27.4 Å². The Morgan fingerprint density at radius 1 is 1.19 bits per heavy atom. The smallest absolute Gasteiger partial charge is 0.271 e. The minimum absolute atomic E-state index is 0.0514. The number of carbonyl (C=O) groups is 2. The first-order valence-corrected chi connectivity index (χ1v) is 9.45. The molecule has 2 saturated carbocycles. The average Bonchev–Trinajstić information content (AvgIpc) is 3.42. The second-order valence-corrected chi connectivity index (χ2v) is 8.36. The molecule has 2 bridgehead atoms. The number of non-ortho nitro benzene ring substituents is 1. The number of hydrazone groups is 1. The third kappa shape index (κ3) is 2.24. The van der Waals surface area contributed by atoms with E-state index in [2.05, 4.69) is 33.2 Å². The van der Waals surface area contributed by atoms with Gasteiger partial charge in [0.1, 0.15) is 5.75 Å². The zero-order chi connectivity index (χ0) is 19.0. The minimum atomic E-state index is -0.599. The van der Waals surface area contributed by atoms with Crippen LogP contribution in [0.2, 0.25) is 0 Å². The number of phenolic OH excluding ortho intramolecular Hbond substituents is 1. The topological polar surface area (TPSA) is 113 Å². The highest BCUT2D eigenvalue weighted by Crippen LogP contribution is 2.65. The predicted octanol–water partition coefficient (Wildman–Crippen LogP) is 2.45. The summed E-state index contributed by atoms with van der Waals surface area (Å²) in [5, 5.41) is 26.0. The number of nitrogens with zero attached hydrogens (tertiary/aromatic N) is 3. The summed E-state index contributed by atoms with van der Waals surface area (Å²) >= 11 is 3.06. The average molecular weight is 432 g/mol. The van der Waals surface area contributed by atoms with Gasteiger partial charge in [-0.1, -0.05) is 12.2 Å². The van der Waals surface area contributed by atoms with Crippen LogP contribution in [0.3, 0.4) is 0 Å². The quantitative estimate of drug-likeness (QED) is 0.259. The highest BCUT2D eigenvalue weighted by atomic mass is 79.9. The molecule has 27 heavy (non-hydrogen) atoms. The van der Waals surface area contributed by atoms with Crippen molar-refractivity contribution < 1.29 is 19.6 Å². The van der Waals surface area contributed by atoms with Crippen LogP contribution in [0.25, 0.3) is 0 Å². The molecule has 8 nitrogen and oxygen atoms in total. The van der Waals surface area contributed by atoms with E-state index >= 15 is 0 Å². The summed E-state index contributed by atoms with van der Waals surface area (Å²) in [5.74, 6) is -0.423. The van der Waals surface area contributed by atoms with E-state index < -0.39 is 4.92 Å². The van der Waals surface area contributed by atoms with Crippen molar-refractivity contribution in [1.82, 2.24) is 5.01 Å². The Balaban J connectivity index is 1.47. The predicted molar refractivity (Wildman–Crippen MR) is 96.6 cm³/mol. The van der Waals surface area contributed by atoms with E-state index in [1.165, 1.54) is 6.07 Å². The van der Waals surface area contributed by atoms with Crippen LogP contribution < -0.4 is 0 Å². The fraction of sp³-hybridized carbons (Fsp3) is 0.389. The molecule has 1 aliphatic heterocycles. The van der Waals surface area contributed by atoms with Gasteiger partial charge in [-0.3, -0.25) is 19.7 Å². The molecule has 5 aliphatic rings. The minimum Gasteiger partial charge on any atom is -0.506 e. The van der Waals surface area contributed by atoms with Crippen LogP contribution in [0.1, 0.15) is 12.0 Å². The van der Waals surface area contributed by atoms with E-state index in [4.69, 9.17) is 0 Å². The molecule has 1 saturated heterocycles. The van der Waals surface area contributed by atoms with Crippen LogP contribution >= 0.6 is 15.9 Å². The van der Waals surface area contributed by atoms with Crippen molar-refractivity contribution in [2.24, 2.45) is 40.6 Å². The number of carbonyl (C=O) groups excluding carboxylic acids is 2. The molecule has 4 aliphatic carbocycles. The molecule has 138 valence electrons. The van der Waals surface area contributed by atoms with E-state index in [9.17, 15) is 24.8 Å². The van der Waals surface area contributed by atoms with E-state index in [0.717, 1.165) is 23.7 Å². The summed E-state index contributed by atoms with van der Waals surface area (Å²) < 4.78 is 0.133. The van der Waals surface area contributed by atoms with Crippen LogP contribution in [-0.2, 0) is 9.59 Å². The van der Waals surface area contributed by atoms with Crippen molar-refractivity contribution in [3.8, 4) is 5.75 Å². The van der Waals surface area contributed by atoms with Crippen molar-refractivity contribution in [2.45, 2.75) is 6.42 Å². The first-order chi connectivity index (χ1) is 12.9. The van der Waals surface area contributed by atoms with Crippen molar-refractivity contribution in [2.75, 3.05) is 0 Å². The van der Waals surface area contributed by atoms with Crippen LogP contribution in [-0.4, -0.2) is 33.1 Å². The fourth-order valence-corrected chi connectivity index (χ4v) is 5.45. The van der Waals surface area contributed by atoms with Crippen LogP contribution in [0.15, 0.2) is 33.9 Å². The first kappa shape index (κ1) is 16.6. The molecule has 1 N–H and O–H groups in total. The number of phenols is 1. The van der Waals surface area contributed by atoms with Gasteiger partial charge in [-0.05, 0) is 46.0 Å². The molecule has 6 rings (SSSR count). The maximum atomic E-state index is 12.8. The van der Waals surface area contributed by atoms with E-state index in [-0.39, 0.29) is 57.0 Å². The largest absolute Gasteiger partial charge is 0.506 e. The second kappa shape index (κ2) is 5.48. The summed E-state index contributed by atoms with van der Waals surface area (Å²) in [6, 6.07) is 2.31. The Morgan fingerprint density at radius 2 is 1.78 bits per heavy atom. The Hall–Kier alpha value is -2.55. The Labute approximate surface area is 161 Å². The Bertz CT molecular complexity index is 938. The number of nitro groups is 1. The molecule has 3 fully saturated rings. The number of hydrogen-bond donors (Lipinski definition) is 1. The van der Waals surface area contributed by atoms with E-state index in [1.54, 1.807) is 0 Å². The summed E-state index contributed by atoms with van der Waals surface area (Å²) in [4.78, 5) is 36.1. The zero-order valence-electron chi connectivity index (χ0n) is 13.9. The zero-order valence-corrected chi connectivity index (χ0v) is 15.4. The molecule has 0 unspecified atom stereocenters. The van der Waals surface area contributed by atoms with Gasteiger partial charge in [0.15, 0.2) is 0 Å². The van der Waals surface area contributed by atoms with Crippen LogP contribution in [0, 0.1) is 45.6 Å². The van der Waals surface area contributed by atoms with Crippen molar-refractivity contribution >= 4 is 39.6 Å². The lowest BCUT2D eigenvalue weighted by Gasteiger charge is -2.37. The van der Waals surface area contributed by atoms with E-state index in [1.807, 2.05) is 0 Å². The van der Waals surface area contributed by atoms with Gasteiger partial charge in [-0.15, -0.1) is 0 Å². The summed E-state index contributed by atoms with van der Waals surface area (Å²) in [6.45, 7) is 0. The van der Waals surface area contributed by atoms with Gasteiger partial charge in [0.25, 0.3) is 17.5 Å². The number of nitro benzene ring substituents is 1. The first-order valence-electron chi connectivity index (χ1n) is 8.65. The summed E-state index contributed by atoms with van der Waals surface area (Å²) in [7, 11) is 0. The molecule has 0 radical (unpaired) electrons. The maximum absolute atomic E-state index is 12.8. The Morgan fingerprint density at radius 3 is 2.33 bits per heavy atom. The van der Waals surface area contributed by atoms with Gasteiger partial charge in [-0.25, -0.2) is 0 Å². The molecule has 0 aromatic heterocycles. The van der Waals surface area contributed by atoms with Gasteiger partial charge >= 0.3 is 0 Å². The number of amides is 2. The monoisotopic (exact) mass is 431 g/mol. The standard InChI is InChI=1S/C18H14BrN3O5/c19-13-4-8(22(26)27)3-7(16(13)23)6-20-21-17(24)14-9-1-2-10(12-5-11(9)12)15(14)18(21)25/h1-4,6,9-12,14-15,23H,5H2/t9-,10-,11-,12-,14-,15+/m0/s1. The molecule has 2 amide bonds. The molecule has 6 atom stereocenters. The SMILES string of the molecule is O=C1[C@@H]2[C@H]3C=C[C@@H]([C@@H]4C[C@@H]34)[C@@H]2C(=O)N1N=Cc1cc([N+](=O)[O-])cc(Br)c1O. The number of imide groups is 1. The Kier molecular flexibility index (Phi) is 3.37. The number of benzene rings is 1. The molecule has 1 aromatic carbocycles. The summed E-state index contributed by atoms with van der Waals surface area (Å²) in [5.41, 5.74) is -0.188. The number of allylic oxidation sites excluding steroid dienone is 2. The normalized spacial score (nSPS) is 35.7. The lowest BCUT2D eigenvalue weighted by Crippen LogP contribution is -2.40. The highest BCUT2D eigenvalue weighted by molar-refractivity contribution is 9.10. The van der Waals surface area contributed by atoms with Crippen molar-refractivity contribution in [3.05, 3.63) is 44.4 Å². The second-order valence-electron chi connectivity index (χ2n) is 7.51. The van der Waals surface area contributed by atoms with Gasteiger partial charge in [-0.2, -0.15) is 10.1 Å². The fourth-order valence-electron chi connectivity index (χ4n) is 4.98. The molecule has 9 heteroatoms. The number of hydrogen-bond acceptors (Lipinski definition) is 6. The molecule has 1 heterocycles. The lowest BCUT2D eigenvalue weighted by molar-refractivity contribution is -0.385. The molecule has 0 spiro atoms. The number of rotatable bonds is 3. The van der Waals surface area contributed by atoms with E-state index in [0.29, 0.717) is 11.8 Å². The van der Waals surface area contributed by atoms with Crippen LogP contribution in [0.4, 0.5) is 5.69 Å². The highest BCUT2D eigenvalue weighted by Gasteiger charge is 2.67. The number of aromatic hydroxyl groups is 1. The third-order valence-corrected chi connectivity index (χ3v) is 6.84.